The number of amides is 2. The van der Waals surface area contributed by atoms with Gasteiger partial charge in [0.2, 0.25) is 5.91 Å². The lowest BCUT2D eigenvalue weighted by Gasteiger charge is -2.30. The molecule has 7 nitrogen and oxygen atoms in total. The van der Waals surface area contributed by atoms with Crippen LogP contribution < -0.4 is 0 Å². The van der Waals surface area contributed by atoms with Crippen molar-refractivity contribution in [3.05, 3.63) is 0 Å². The molecule has 0 radical (unpaired) electrons. The zero-order valence-corrected chi connectivity index (χ0v) is 17.4. The molecule has 0 aliphatic heterocycles. The number of esters is 1. The fourth-order valence-corrected chi connectivity index (χ4v) is 2.16. The van der Waals surface area contributed by atoms with Crippen molar-refractivity contribution in [1.82, 2.24) is 9.80 Å². The Labute approximate surface area is 158 Å². The number of likely N-dealkylation sites (N-methyl/N-ethyl adjacent to an activating group) is 2. The van der Waals surface area contributed by atoms with Crippen LogP contribution in [0.3, 0.4) is 0 Å². The van der Waals surface area contributed by atoms with Crippen molar-refractivity contribution in [2.45, 2.75) is 72.4 Å². The molecule has 0 bridgehead atoms. The van der Waals surface area contributed by atoms with E-state index in [0.29, 0.717) is 19.1 Å². The van der Waals surface area contributed by atoms with Crippen molar-refractivity contribution in [3.63, 3.8) is 0 Å². The first kappa shape index (κ1) is 24.2. The van der Waals surface area contributed by atoms with Gasteiger partial charge in [0.1, 0.15) is 12.1 Å². The van der Waals surface area contributed by atoms with Crippen LogP contribution in [-0.4, -0.2) is 67.2 Å². The summed E-state index contributed by atoms with van der Waals surface area (Å²) >= 11 is 0. The van der Waals surface area contributed by atoms with E-state index in [-0.39, 0.29) is 5.91 Å². The lowest BCUT2D eigenvalue weighted by atomic mass is 10.1. The van der Waals surface area contributed by atoms with Gasteiger partial charge in [-0.05, 0) is 39.0 Å². The van der Waals surface area contributed by atoms with Gasteiger partial charge in [0, 0.05) is 14.1 Å². The number of rotatable bonds is 11. The number of ether oxygens (including phenoxy) is 2. The van der Waals surface area contributed by atoms with Crippen molar-refractivity contribution >= 4 is 18.0 Å². The van der Waals surface area contributed by atoms with Crippen LogP contribution in [0, 0.1) is 5.92 Å². The lowest BCUT2D eigenvalue weighted by molar-refractivity contribution is -0.154. The Hall–Kier alpha value is -1.79. The fraction of sp³-hybridized carbons (Fsp3) is 0.842. The molecule has 0 aromatic heterocycles. The summed E-state index contributed by atoms with van der Waals surface area (Å²) in [4.78, 5) is 39.2. The first-order chi connectivity index (χ1) is 12.1. The summed E-state index contributed by atoms with van der Waals surface area (Å²) in [7, 11) is 3.05. The number of hydrogen-bond acceptors (Lipinski definition) is 5. The number of nitrogens with zero attached hydrogens (tertiary/aromatic N) is 2. The van der Waals surface area contributed by atoms with Gasteiger partial charge in [0.25, 0.3) is 0 Å². The van der Waals surface area contributed by atoms with E-state index in [0.717, 1.165) is 25.7 Å². The third-order valence-corrected chi connectivity index (χ3v) is 4.39. The molecule has 2 unspecified atom stereocenters. The summed E-state index contributed by atoms with van der Waals surface area (Å²) in [6.07, 6.45) is 2.94. The molecule has 2 amide bonds. The summed E-state index contributed by atoms with van der Waals surface area (Å²) < 4.78 is 10.4. The molecule has 2 atom stereocenters. The highest BCUT2D eigenvalue weighted by Gasteiger charge is 2.31. The van der Waals surface area contributed by atoms with Crippen LogP contribution in [0.15, 0.2) is 0 Å². The van der Waals surface area contributed by atoms with Crippen LogP contribution in [0.4, 0.5) is 4.79 Å². The topological polar surface area (TPSA) is 76.2 Å². The molecular weight excluding hydrogens is 336 g/mol. The molecule has 0 saturated carbocycles. The maximum atomic E-state index is 12.6. The quantitative estimate of drug-likeness (QED) is 0.411. The van der Waals surface area contributed by atoms with Crippen molar-refractivity contribution in [3.8, 4) is 0 Å². The molecule has 0 heterocycles. The number of carbonyl (C=O) groups is 3. The van der Waals surface area contributed by atoms with E-state index in [2.05, 4.69) is 13.8 Å². The monoisotopic (exact) mass is 372 g/mol. The van der Waals surface area contributed by atoms with Gasteiger partial charge in [0.15, 0.2) is 0 Å². The molecule has 152 valence electrons. The average molecular weight is 373 g/mol. The normalized spacial score (nSPS) is 13.1. The van der Waals surface area contributed by atoms with Crippen molar-refractivity contribution < 1.29 is 23.9 Å². The van der Waals surface area contributed by atoms with E-state index in [1.165, 1.54) is 23.9 Å². The SMILES string of the molecule is CCCCOC(=O)N(C)C(C)C(=O)N(C)C(C)C(=O)OCCCC(C)C. The van der Waals surface area contributed by atoms with Gasteiger partial charge in [-0.3, -0.25) is 9.69 Å². The van der Waals surface area contributed by atoms with Gasteiger partial charge in [-0.2, -0.15) is 0 Å². The van der Waals surface area contributed by atoms with E-state index >= 15 is 0 Å². The highest BCUT2D eigenvalue weighted by atomic mass is 16.6. The van der Waals surface area contributed by atoms with Crippen LogP contribution in [0.5, 0.6) is 0 Å². The molecule has 26 heavy (non-hydrogen) atoms. The van der Waals surface area contributed by atoms with E-state index in [1.54, 1.807) is 13.8 Å². The van der Waals surface area contributed by atoms with Crippen LogP contribution in [0.2, 0.25) is 0 Å². The number of unbranched alkanes of at least 4 members (excludes halogenated alkanes) is 1. The second-order valence-electron chi connectivity index (χ2n) is 7.08. The maximum Gasteiger partial charge on any atom is 0.410 e. The average Bonchev–Trinajstić information content (AvgIpc) is 2.61. The molecule has 7 heteroatoms. The maximum absolute atomic E-state index is 12.6. The third-order valence-electron chi connectivity index (χ3n) is 4.39. The Morgan fingerprint density at radius 2 is 1.42 bits per heavy atom. The molecule has 0 N–H and O–H groups in total. The first-order valence-electron chi connectivity index (χ1n) is 9.46. The van der Waals surface area contributed by atoms with Crippen LogP contribution >= 0.6 is 0 Å². The second kappa shape index (κ2) is 12.5. The van der Waals surface area contributed by atoms with E-state index < -0.39 is 24.1 Å². The zero-order valence-electron chi connectivity index (χ0n) is 17.4. The third kappa shape index (κ3) is 8.54. The largest absolute Gasteiger partial charge is 0.464 e. The molecule has 0 saturated heterocycles. The molecule has 0 fully saturated rings. The van der Waals surface area contributed by atoms with Crippen LogP contribution in [0.25, 0.3) is 0 Å². The Balaban J connectivity index is 4.51. The second-order valence-corrected chi connectivity index (χ2v) is 7.08. The first-order valence-corrected chi connectivity index (χ1v) is 9.46. The van der Waals surface area contributed by atoms with Crippen molar-refractivity contribution in [2.75, 3.05) is 27.3 Å². The lowest BCUT2D eigenvalue weighted by Crippen LogP contribution is -2.51. The Morgan fingerprint density at radius 1 is 0.846 bits per heavy atom. The number of hydrogen-bond donors (Lipinski definition) is 0. The standard InChI is InChI=1S/C19H36N2O5/c1-8-9-12-26-19(24)21(7)15(4)17(22)20(6)16(5)18(23)25-13-10-11-14(2)3/h14-16H,8-13H2,1-7H3. The minimum Gasteiger partial charge on any atom is -0.464 e. The summed E-state index contributed by atoms with van der Waals surface area (Å²) in [6, 6.07) is -1.45. The van der Waals surface area contributed by atoms with Crippen LogP contribution in [0.1, 0.15) is 60.3 Å². The van der Waals surface area contributed by atoms with E-state index in [9.17, 15) is 14.4 Å². The smallest absolute Gasteiger partial charge is 0.410 e. The highest BCUT2D eigenvalue weighted by molar-refractivity contribution is 5.89. The van der Waals surface area contributed by atoms with Gasteiger partial charge >= 0.3 is 12.1 Å². The predicted molar refractivity (Wildman–Crippen MR) is 101 cm³/mol. The highest BCUT2D eigenvalue weighted by Crippen LogP contribution is 2.09. The molecule has 0 rings (SSSR count). The molecule has 0 aromatic carbocycles. The van der Waals surface area contributed by atoms with Crippen LogP contribution in [-0.2, 0) is 19.1 Å². The fourth-order valence-electron chi connectivity index (χ4n) is 2.16. The van der Waals surface area contributed by atoms with E-state index in [4.69, 9.17) is 9.47 Å². The minimum atomic E-state index is -0.731. The molecule has 0 aliphatic carbocycles. The molecule has 0 spiro atoms. The van der Waals surface area contributed by atoms with Gasteiger partial charge in [-0.15, -0.1) is 0 Å². The van der Waals surface area contributed by atoms with Crippen molar-refractivity contribution in [1.29, 1.82) is 0 Å². The number of carbonyl (C=O) groups excluding carboxylic acids is 3. The Kier molecular flexibility index (Phi) is 11.7. The summed E-state index contributed by atoms with van der Waals surface area (Å²) in [5.41, 5.74) is 0. The van der Waals surface area contributed by atoms with Gasteiger partial charge < -0.3 is 14.4 Å². The summed E-state index contributed by atoms with van der Waals surface area (Å²) in [6.45, 7) is 10.1. The predicted octanol–water partition coefficient (Wildman–Crippen LogP) is 3.07. The molecule has 0 aliphatic rings. The minimum absolute atomic E-state index is 0.329. The molecule has 0 aromatic rings. The van der Waals surface area contributed by atoms with Crippen molar-refractivity contribution in [2.24, 2.45) is 5.92 Å². The zero-order chi connectivity index (χ0) is 20.3. The molecular formula is C19H36N2O5. The van der Waals surface area contributed by atoms with Gasteiger partial charge in [-0.25, -0.2) is 9.59 Å². The Morgan fingerprint density at radius 3 is 1.96 bits per heavy atom. The van der Waals surface area contributed by atoms with Gasteiger partial charge in [0.05, 0.1) is 13.2 Å². The summed E-state index contributed by atoms with van der Waals surface area (Å²) in [5, 5.41) is 0. The Bertz CT molecular complexity index is 453. The summed E-state index contributed by atoms with van der Waals surface area (Å²) in [5.74, 6) is -0.222. The van der Waals surface area contributed by atoms with Gasteiger partial charge in [-0.1, -0.05) is 27.2 Å². The van der Waals surface area contributed by atoms with E-state index in [1.807, 2.05) is 6.92 Å².